The number of nitrogens with one attached hydrogen (secondary N) is 4. The van der Waals surface area contributed by atoms with E-state index in [2.05, 4.69) is 99.8 Å². The van der Waals surface area contributed by atoms with E-state index in [1.807, 2.05) is 106 Å². The fourth-order valence-corrected chi connectivity index (χ4v) is 16.2. The Labute approximate surface area is 669 Å². The highest BCUT2D eigenvalue weighted by Crippen LogP contribution is 2.44. The minimum Gasteiger partial charge on any atom is -0.444 e. The number of benzene rings is 9. The second kappa shape index (κ2) is 38.2. The van der Waals surface area contributed by atoms with Gasteiger partial charge in [-0.25, -0.2) is 22.4 Å². The van der Waals surface area contributed by atoms with Crippen molar-refractivity contribution in [1.29, 1.82) is 15.8 Å². The Kier molecular flexibility index (Phi) is 28.2. The third kappa shape index (κ3) is 22.6. The largest absolute Gasteiger partial charge is 0.444 e. The third-order valence-corrected chi connectivity index (χ3v) is 22.6. The van der Waals surface area contributed by atoms with Crippen molar-refractivity contribution in [1.82, 2.24) is 15.1 Å². The summed E-state index contributed by atoms with van der Waals surface area (Å²) in [5.41, 5.74) is 10.5. The van der Waals surface area contributed by atoms with Gasteiger partial charge < -0.3 is 40.5 Å². The highest BCUT2D eigenvalue weighted by Gasteiger charge is 2.42. The zero-order chi connectivity index (χ0) is 80.3. The highest BCUT2D eigenvalue weighted by molar-refractivity contribution is 6.35. The first-order valence-corrected chi connectivity index (χ1v) is 39.2. The summed E-state index contributed by atoms with van der Waals surface area (Å²) < 4.78 is 65.6. The Morgan fingerprint density at radius 3 is 1.31 bits per heavy atom. The van der Waals surface area contributed by atoms with Gasteiger partial charge in [0.25, 0.3) is 0 Å². The number of nitrogens with zero attached hydrogens (tertiary/aromatic N) is 5. The van der Waals surface area contributed by atoms with E-state index in [1.165, 1.54) is 43.4 Å². The van der Waals surface area contributed by atoms with Gasteiger partial charge in [-0.1, -0.05) is 139 Å². The van der Waals surface area contributed by atoms with Crippen LogP contribution in [-0.2, 0) is 40.3 Å². The van der Waals surface area contributed by atoms with Crippen LogP contribution in [0.3, 0.4) is 0 Å². The lowest BCUT2D eigenvalue weighted by molar-refractivity contribution is -0.136. The van der Waals surface area contributed by atoms with E-state index in [0.29, 0.717) is 77.2 Å². The monoisotopic (exact) mass is 1570 g/mol. The molecule has 0 aromatic heterocycles. The number of halogens is 6. The first kappa shape index (κ1) is 83.3. The number of hydrogen-bond acceptors (Lipinski definition) is 11. The van der Waals surface area contributed by atoms with Crippen LogP contribution in [0.4, 0.5) is 39.4 Å². The number of amides is 4. The molecule has 113 heavy (non-hydrogen) atoms. The molecule has 13 rings (SSSR count). The van der Waals surface area contributed by atoms with Crippen molar-refractivity contribution in [3.05, 3.63) is 267 Å². The summed E-state index contributed by atoms with van der Waals surface area (Å²) >= 11 is 12.2. The molecular weight excluding hydrogens is 1470 g/mol. The van der Waals surface area contributed by atoms with Crippen LogP contribution in [0, 0.1) is 63.2 Å². The molecule has 9 aromatic carbocycles. The van der Waals surface area contributed by atoms with Crippen LogP contribution in [0.25, 0.3) is 33.4 Å². The lowest BCUT2D eigenvalue weighted by atomic mass is 9.69. The predicted molar refractivity (Wildman–Crippen MR) is 436 cm³/mol. The van der Waals surface area contributed by atoms with E-state index >= 15 is 0 Å². The molecule has 3 heterocycles. The lowest BCUT2D eigenvalue weighted by Crippen LogP contribution is -2.49. The minimum atomic E-state index is -1.02. The zero-order valence-electron chi connectivity index (χ0n) is 64.0. The standard InChI is InChI=1S/C33H35Cl2N3O2.C32H33F2N3O3.C27H25F2N3O/c1-23-5-11-31(12-6-23)38-15-13-33(14-16-38,40-22-32(39)37-30-19-28(34)18-29(35)20-30)27-9-7-25(8-10-27)26-4-2-3-24(17-26)21-36;1-31(2,3)40-30(39)37-17-15-32(16-18-37,14-13-29(38)36-26-11-12-27(33)28(34)20-26)25-9-7-23(8-10-25)24-6-4-5-22(19-24)21-35;28-24-9-8-23(17-25(24)29)32-26(33)10-11-27(12-14-31-15-13-27)22-6-4-20(5-7-22)21-3-1-2-19(16-21)18-30/h2-4,7-10,17-20,23,31H,5-6,11-16,22H2,1H3,(H,37,39);4-12,19-20H,13-18H2,1-3H3,(H,36,38);1-9,16-17,31H,10-15H2,(H,32,33). The number of anilines is 3. The first-order chi connectivity index (χ1) is 54.3. The van der Waals surface area contributed by atoms with Crippen molar-refractivity contribution in [2.24, 2.45) is 5.92 Å². The molecule has 4 aliphatic rings. The van der Waals surface area contributed by atoms with E-state index in [9.17, 15) is 47.3 Å². The SMILES string of the molecule is CC(C)(C)OC(=O)N1CCC(CCC(=O)Nc2ccc(F)c(F)c2)(c2ccc(-c3cccc(C#N)c3)cc2)CC1.CC1CCC(N2CCC(OCC(=O)Nc3cc(Cl)cc(Cl)c3)(c3ccc(-c4cccc(C#N)c4)cc3)CC2)CC1.N#Cc1cccc(-c2ccc(C3(CCC(=O)Nc4ccc(F)c(F)c4)CCNCC3)cc2)c1. The van der Waals surface area contributed by atoms with Crippen molar-refractivity contribution >= 4 is 64.1 Å². The van der Waals surface area contributed by atoms with Crippen molar-refractivity contribution in [3.8, 4) is 51.6 Å². The Morgan fingerprint density at radius 1 is 0.478 bits per heavy atom. The predicted octanol–water partition coefficient (Wildman–Crippen LogP) is 20.8. The van der Waals surface area contributed by atoms with E-state index in [-0.39, 0.29) is 65.5 Å². The molecule has 1 saturated carbocycles. The van der Waals surface area contributed by atoms with Crippen LogP contribution >= 0.6 is 23.2 Å². The van der Waals surface area contributed by atoms with Gasteiger partial charge in [-0.15, -0.1) is 0 Å². The van der Waals surface area contributed by atoms with Gasteiger partial charge in [-0.2, -0.15) is 15.8 Å². The van der Waals surface area contributed by atoms with Crippen LogP contribution in [-0.4, -0.2) is 91.1 Å². The molecule has 0 unspecified atom stereocenters. The fourth-order valence-electron chi connectivity index (χ4n) is 15.7. The number of hydrogen-bond donors (Lipinski definition) is 4. The van der Waals surface area contributed by atoms with Crippen LogP contribution in [0.15, 0.2) is 200 Å². The molecule has 4 amide bonds. The van der Waals surface area contributed by atoms with Crippen molar-refractivity contribution in [3.63, 3.8) is 0 Å². The number of carbonyl (C=O) groups is 4. The van der Waals surface area contributed by atoms with Gasteiger partial charge in [-0.3, -0.25) is 14.4 Å². The van der Waals surface area contributed by atoms with Gasteiger partial charge in [0.1, 0.15) is 12.2 Å². The Morgan fingerprint density at radius 2 is 0.894 bits per heavy atom. The number of piperidine rings is 3. The minimum absolute atomic E-state index is 0.0724. The van der Waals surface area contributed by atoms with Crippen molar-refractivity contribution < 1.29 is 46.2 Å². The molecule has 584 valence electrons. The second-order valence-electron chi connectivity index (χ2n) is 30.9. The summed E-state index contributed by atoms with van der Waals surface area (Å²) in [6, 6.07) is 66.2. The molecule has 9 aromatic rings. The molecule has 4 fully saturated rings. The topological polar surface area (TPSA) is 213 Å². The average molecular weight is 1570 g/mol. The second-order valence-corrected chi connectivity index (χ2v) is 31.8. The molecule has 0 atom stereocenters. The maximum absolute atomic E-state index is 13.6. The molecular formula is C92H93Cl2F4N9O6. The maximum Gasteiger partial charge on any atom is 0.410 e. The zero-order valence-corrected chi connectivity index (χ0v) is 65.5. The maximum atomic E-state index is 13.6. The van der Waals surface area contributed by atoms with Gasteiger partial charge in [0.2, 0.25) is 17.7 Å². The molecule has 21 heteroatoms. The molecule has 0 bridgehead atoms. The van der Waals surface area contributed by atoms with Crippen molar-refractivity contribution in [2.45, 2.75) is 146 Å². The lowest BCUT2D eigenvalue weighted by Gasteiger charge is -2.46. The van der Waals surface area contributed by atoms with E-state index in [4.69, 9.17) is 37.9 Å². The summed E-state index contributed by atoms with van der Waals surface area (Å²) in [6.07, 6.45) is 11.1. The molecule has 3 aliphatic heterocycles. The summed E-state index contributed by atoms with van der Waals surface area (Å²) in [5.74, 6) is -3.86. The molecule has 15 nitrogen and oxygen atoms in total. The number of likely N-dealkylation sites (tertiary alicyclic amines) is 2. The summed E-state index contributed by atoms with van der Waals surface area (Å²) in [5, 5.41) is 40.2. The summed E-state index contributed by atoms with van der Waals surface area (Å²) in [4.78, 5) is 55.3. The van der Waals surface area contributed by atoms with E-state index in [0.717, 1.165) is 127 Å². The Bertz CT molecular complexity index is 4930. The Balaban J connectivity index is 0.000000168. The highest BCUT2D eigenvalue weighted by atomic mass is 35.5. The molecule has 3 saturated heterocycles. The summed E-state index contributed by atoms with van der Waals surface area (Å²) in [6.45, 7) is 12.4. The van der Waals surface area contributed by atoms with Gasteiger partial charge in [0.15, 0.2) is 23.3 Å². The number of rotatable bonds is 19. The quantitative estimate of drug-likeness (QED) is 0.0559. The summed E-state index contributed by atoms with van der Waals surface area (Å²) in [7, 11) is 0. The number of ether oxygens (including phenoxy) is 2. The molecule has 1 aliphatic carbocycles. The normalized spacial score (nSPS) is 17.0. The van der Waals surface area contributed by atoms with Gasteiger partial charge in [0, 0.05) is 84.3 Å². The fraction of sp³-hybridized carbons (Fsp3) is 0.337. The van der Waals surface area contributed by atoms with Crippen LogP contribution in [0.1, 0.15) is 151 Å². The first-order valence-electron chi connectivity index (χ1n) is 38.5. The van der Waals surface area contributed by atoms with Crippen LogP contribution in [0.2, 0.25) is 10.0 Å². The van der Waals surface area contributed by atoms with E-state index in [1.54, 1.807) is 35.2 Å². The van der Waals surface area contributed by atoms with Gasteiger partial charge in [-0.05, 0) is 257 Å². The van der Waals surface area contributed by atoms with Crippen LogP contribution in [0.5, 0.6) is 0 Å². The third-order valence-electron chi connectivity index (χ3n) is 22.1. The van der Waals surface area contributed by atoms with E-state index < -0.39 is 34.5 Å². The molecule has 0 spiro atoms. The Hall–Kier alpha value is -10.7. The smallest absolute Gasteiger partial charge is 0.410 e. The van der Waals surface area contributed by atoms with Gasteiger partial charge >= 0.3 is 6.09 Å². The van der Waals surface area contributed by atoms with Gasteiger partial charge in [0.05, 0.1) is 40.5 Å². The van der Waals surface area contributed by atoms with Crippen molar-refractivity contribution in [2.75, 3.05) is 61.8 Å². The van der Waals surface area contributed by atoms with Crippen LogP contribution < -0.4 is 21.3 Å². The molecule has 0 radical (unpaired) electrons. The molecule has 4 N–H and O–H groups in total. The number of nitriles is 3. The number of carbonyl (C=O) groups excluding carboxylic acids is 4. The average Bonchev–Trinajstić information content (AvgIpc) is 0.790.